The van der Waals surface area contributed by atoms with Gasteiger partial charge in [0.1, 0.15) is 0 Å². The first-order chi connectivity index (χ1) is 13.0. The molecule has 1 aliphatic rings. The number of nitrogens with zero attached hydrogens (tertiary/aromatic N) is 3. The van der Waals surface area contributed by atoms with Crippen LogP contribution in [0, 0.1) is 5.92 Å². The molecule has 0 amide bonds. The Morgan fingerprint density at radius 3 is 2.31 bits per heavy atom. The van der Waals surface area contributed by atoms with Gasteiger partial charge in [0.2, 0.25) is 0 Å². The van der Waals surface area contributed by atoms with Crippen molar-refractivity contribution < 1.29 is 26.3 Å². The summed E-state index contributed by atoms with van der Waals surface area (Å²) < 4.78 is 75.3. The highest BCUT2D eigenvalue weighted by Gasteiger charge is 2.34. The van der Waals surface area contributed by atoms with Crippen molar-refractivity contribution in [3.63, 3.8) is 0 Å². The van der Waals surface area contributed by atoms with Crippen molar-refractivity contribution >= 4 is 29.9 Å². The Balaban J connectivity index is 0.00000420. The molecule has 2 rings (SSSR count). The van der Waals surface area contributed by atoms with Gasteiger partial charge in [0.15, 0.2) is 5.96 Å². The fourth-order valence-electron chi connectivity index (χ4n) is 3.24. The van der Waals surface area contributed by atoms with E-state index in [1.165, 1.54) is 17.0 Å². The smallest absolute Gasteiger partial charge is 0.356 e. The molecule has 0 spiro atoms. The first kappa shape index (κ1) is 25.8. The summed E-state index contributed by atoms with van der Waals surface area (Å²) in [4.78, 5) is 7.28. The molecule has 0 saturated carbocycles. The maximum absolute atomic E-state index is 12.6. The normalized spacial score (nSPS) is 18.5. The summed E-state index contributed by atoms with van der Waals surface area (Å²) >= 11 is 0. The second-order valence-electron chi connectivity index (χ2n) is 6.98. The Kier molecular flexibility index (Phi) is 9.51. The van der Waals surface area contributed by atoms with Gasteiger partial charge in [-0.3, -0.25) is 9.89 Å². The van der Waals surface area contributed by atoms with E-state index in [0.717, 1.165) is 12.1 Å². The van der Waals surface area contributed by atoms with Crippen LogP contribution in [0.3, 0.4) is 0 Å². The van der Waals surface area contributed by atoms with Crippen molar-refractivity contribution in [1.82, 2.24) is 15.1 Å². The number of halogens is 7. The molecule has 29 heavy (non-hydrogen) atoms. The lowest BCUT2D eigenvalue weighted by molar-refractivity contribution is -0.143. The molecule has 0 bridgehead atoms. The van der Waals surface area contributed by atoms with Gasteiger partial charge in [-0.2, -0.15) is 26.3 Å². The summed E-state index contributed by atoms with van der Waals surface area (Å²) in [6.07, 6.45) is -7.90. The van der Waals surface area contributed by atoms with E-state index in [2.05, 4.69) is 10.3 Å². The molecule has 1 saturated heterocycles. The number of guanidine groups is 1. The molecule has 1 N–H and O–H groups in total. The highest BCUT2D eigenvalue weighted by Crippen LogP contribution is 2.29. The van der Waals surface area contributed by atoms with E-state index in [9.17, 15) is 26.3 Å². The van der Waals surface area contributed by atoms with E-state index in [0.29, 0.717) is 44.1 Å². The lowest BCUT2D eigenvalue weighted by Crippen LogP contribution is -2.41. The van der Waals surface area contributed by atoms with Crippen LogP contribution in [0.1, 0.15) is 17.5 Å². The third kappa shape index (κ3) is 8.57. The minimum Gasteiger partial charge on any atom is -0.356 e. The molecular formula is C18H25F6IN4. The topological polar surface area (TPSA) is 30.9 Å². The third-order valence-corrected chi connectivity index (χ3v) is 4.60. The largest absolute Gasteiger partial charge is 0.416 e. The van der Waals surface area contributed by atoms with E-state index in [1.54, 1.807) is 19.0 Å². The van der Waals surface area contributed by atoms with E-state index in [4.69, 9.17) is 0 Å². The maximum Gasteiger partial charge on any atom is 0.416 e. The fraction of sp³-hybridized carbons (Fsp3) is 0.611. The Bertz CT molecular complexity index is 660. The second-order valence-corrected chi connectivity index (χ2v) is 6.98. The molecular weight excluding hydrogens is 513 g/mol. The zero-order valence-corrected chi connectivity index (χ0v) is 18.5. The number of aliphatic imine (C=N–C) groups is 1. The SMILES string of the molecule is CN=C(NCC1CCN(CC(F)(F)F)C1)N(C)Cc1ccc(C(F)(F)F)cc1.I. The summed E-state index contributed by atoms with van der Waals surface area (Å²) in [5.74, 6) is 0.618. The Morgan fingerprint density at radius 2 is 1.79 bits per heavy atom. The summed E-state index contributed by atoms with van der Waals surface area (Å²) in [7, 11) is 3.33. The number of alkyl halides is 6. The highest BCUT2D eigenvalue weighted by molar-refractivity contribution is 14.0. The predicted molar refractivity (Wildman–Crippen MR) is 110 cm³/mol. The number of hydrogen-bond acceptors (Lipinski definition) is 2. The van der Waals surface area contributed by atoms with Crippen molar-refractivity contribution in [3.05, 3.63) is 35.4 Å². The lowest BCUT2D eigenvalue weighted by atomic mass is 10.1. The van der Waals surface area contributed by atoms with Crippen molar-refractivity contribution in [1.29, 1.82) is 0 Å². The molecule has 1 aliphatic heterocycles. The monoisotopic (exact) mass is 538 g/mol. The van der Waals surface area contributed by atoms with Crippen molar-refractivity contribution in [2.75, 3.05) is 40.3 Å². The fourth-order valence-corrected chi connectivity index (χ4v) is 3.24. The average Bonchev–Trinajstić information content (AvgIpc) is 3.00. The Morgan fingerprint density at radius 1 is 1.17 bits per heavy atom. The van der Waals surface area contributed by atoms with Crippen molar-refractivity contribution in [3.8, 4) is 0 Å². The van der Waals surface area contributed by atoms with Crippen molar-refractivity contribution in [2.45, 2.75) is 25.3 Å². The quantitative estimate of drug-likeness (QED) is 0.264. The van der Waals surface area contributed by atoms with E-state index < -0.39 is 24.5 Å². The van der Waals surface area contributed by atoms with Crippen LogP contribution in [0.2, 0.25) is 0 Å². The van der Waals surface area contributed by atoms with Crippen molar-refractivity contribution in [2.24, 2.45) is 10.9 Å². The van der Waals surface area contributed by atoms with Gasteiger partial charge >= 0.3 is 12.4 Å². The molecule has 1 fully saturated rings. The Hall–Kier alpha value is -1.24. The molecule has 11 heteroatoms. The van der Waals surface area contributed by atoms with Crippen LogP contribution in [0.15, 0.2) is 29.3 Å². The van der Waals surface area contributed by atoms with Gasteiger partial charge in [0.05, 0.1) is 12.1 Å². The van der Waals surface area contributed by atoms with Crippen LogP contribution in [0.5, 0.6) is 0 Å². The summed E-state index contributed by atoms with van der Waals surface area (Å²) in [5.41, 5.74) is -0.0123. The van der Waals surface area contributed by atoms with E-state index in [-0.39, 0.29) is 29.9 Å². The molecule has 1 atom stereocenters. The molecule has 0 radical (unpaired) electrons. The minimum absolute atomic E-state index is 0. The van der Waals surface area contributed by atoms with Gasteiger partial charge in [-0.1, -0.05) is 12.1 Å². The third-order valence-electron chi connectivity index (χ3n) is 4.60. The van der Waals surface area contributed by atoms with Gasteiger partial charge in [0, 0.05) is 33.7 Å². The highest BCUT2D eigenvalue weighted by atomic mass is 127. The molecule has 1 heterocycles. The van der Waals surface area contributed by atoms with Gasteiger partial charge < -0.3 is 10.2 Å². The van der Waals surface area contributed by atoms with Crippen LogP contribution < -0.4 is 5.32 Å². The second kappa shape index (κ2) is 10.7. The summed E-state index contributed by atoms with van der Waals surface area (Å²) in [6.45, 7) is 0.713. The number of nitrogens with one attached hydrogen (secondary N) is 1. The first-order valence-electron chi connectivity index (χ1n) is 8.85. The number of hydrogen-bond donors (Lipinski definition) is 1. The summed E-state index contributed by atoms with van der Waals surface area (Å²) in [5, 5.41) is 3.14. The average molecular weight is 538 g/mol. The van der Waals surface area contributed by atoms with Crippen LogP contribution in [0.4, 0.5) is 26.3 Å². The van der Waals surface area contributed by atoms with E-state index >= 15 is 0 Å². The maximum atomic E-state index is 12.6. The zero-order valence-electron chi connectivity index (χ0n) is 16.1. The molecule has 0 aromatic heterocycles. The molecule has 1 aromatic rings. The lowest BCUT2D eigenvalue weighted by Gasteiger charge is -2.24. The van der Waals surface area contributed by atoms with Gasteiger partial charge in [-0.25, -0.2) is 0 Å². The van der Waals surface area contributed by atoms with E-state index in [1.807, 2.05) is 0 Å². The molecule has 4 nitrogen and oxygen atoms in total. The predicted octanol–water partition coefficient (Wildman–Crippen LogP) is 4.21. The van der Waals surface area contributed by atoms with Gasteiger partial charge in [-0.15, -0.1) is 24.0 Å². The Labute approximate surface area is 183 Å². The molecule has 166 valence electrons. The van der Waals surface area contributed by atoms with Crippen LogP contribution >= 0.6 is 24.0 Å². The zero-order chi connectivity index (χ0) is 20.9. The molecule has 0 aliphatic carbocycles. The minimum atomic E-state index is -4.37. The first-order valence-corrected chi connectivity index (χ1v) is 8.85. The van der Waals surface area contributed by atoms with Gasteiger partial charge in [0.25, 0.3) is 0 Å². The van der Waals surface area contributed by atoms with Crippen LogP contribution in [-0.4, -0.2) is 62.2 Å². The summed E-state index contributed by atoms with van der Waals surface area (Å²) in [6, 6.07) is 4.90. The number of benzene rings is 1. The van der Waals surface area contributed by atoms with Crippen LogP contribution in [-0.2, 0) is 12.7 Å². The molecule has 1 aromatic carbocycles. The van der Waals surface area contributed by atoms with Crippen LogP contribution in [0.25, 0.3) is 0 Å². The number of likely N-dealkylation sites (tertiary alicyclic amines) is 1. The number of rotatable bonds is 5. The standard InChI is InChI=1S/C18H24F6N4.HI/c1-25-16(26-9-14-7-8-28(11-14)12-17(19,20)21)27(2)10-13-3-5-15(6-4-13)18(22,23)24;/h3-6,14H,7-12H2,1-2H3,(H,25,26);1H. The van der Waals surface area contributed by atoms with Gasteiger partial charge in [-0.05, 0) is 36.6 Å². The molecule has 1 unspecified atom stereocenters.